The number of anilines is 3. The van der Waals surface area contributed by atoms with Crippen molar-refractivity contribution in [3.8, 4) is 11.5 Å². The lowest BCUT2D eigenvalue weighted by Gasteiger charge is -2.10. The standard InChI is InChI=1S/C23H16F6N4O3/c24-22(25,26)13-2-1-3-15(10-13)30-20(34)12-35-17-8-9-18-19(11-17)33-21(32-18)31-14-4-6-16(7-5-14)36-23(27,28)29/h1-11H,12H2,(H,30,34)(H2,31,32,33). The number of alkyl halides is 6. The molecule has 0 radical (unpaired) electrons. The van der Waals surface area contributed by atoms with Gasteiger partial charge < -0.3 is 25.1 Å². The van der Waals surface area contributed by atoms with E-state index in [0.717, 1.165) is 24.3 Å². The number of benzene rings is 3. The van der Waals surface area contributed by atoms with Gasteiger partial charge in [0.1, 0.15) is 11.5 Å². The van der Waals surface area contributed by atoms with Crippen LogP contribution in [0.1, 0.15) is 5.56 Å². The summed E-state index contributed by atoms with van der Waals surface area (Å²) in [5.74, 6) is -0.421. The quantitative estimate of drug-likeness (QED) is 0.256. The molecule has 0 unspecified atom stereocenters. The minimum absolute atomic E-state index is 0.0174. The van der Waals surface area contributed by atoms with E-state index in [0.29, 0.717) is 28.4 Å². The van der Waals surface area contributed by atoms with Crippen LogP contribution in [0, 0.1) is 0 Å². The van der Waals surface area contributed by atoms with E-state index in [1.165, 1.54) is 24.3 Å². The largest absolute Gasteiger partial charge is 0.573 e. The Morgan fingerprint density at radius 3 is 2.31 bits per heavy atom. The zero-order valence-corrected chi connectivity index (χ0v) is 18.0. The van der Waals surface area contributed by atoms with Gasteiger partial charge >= 0.3 is 12.5 Å². The zero-order valence-electron chi connectivity index (χ0n) is 18.0. The Bertz CT molecular complexity index is 1370. The lowest BCUT2D eigenvalue weighted by Crippen LogP contribution is -2.20. The van der Waals surface area contributed by atoms with E-state index in [9.17, 15) is 31.1 Å². The van der Waals surface area contributed by atoms with E-state index >= 15 is 0 Å². The number of rotatable bonds is 7. The molecule has 0 saturated heterocycles. The summed E-state index contributed by atoms with van der Waals surface area (Å²) in [5.41, 5.74) is 0.615. The van der Waals surface area contributed by atoms with Gasteiger partial charge in [-0.2, -0.15) is 13.2 Å². The van der Waals surface area contributed by atoms with Crippen LogP contribution in [0.2, 0.25) is 0 Å². The van der Waals surface area contributed by atoms with Gasteiger partial charge in [-0.25, -0.2) is 4.98 Å². The van der Waals surface area contributed by atoms with Crippen molar-refractivity contribution < 1.29 is 40.6 Å². The van der Waals surface area contributed by atoms with Crippen molar-refractivity contribution in [3.05, 3.63) is 72.3 Å². The van der Waals surface area contributed by atoms with Crippen LogP contribution in [0.5, 0.6) is 11.5 Å². The summed E-state index contributed by atoms with van der Waals surface area (Å²) in [7, 11) is 0. The second kappa shape index (κ2) is 9.68. The first-order valence-corrected chi connectivity index (χ1v) is 10.2. The van der Waals surface area contributed by atoms with Gasteiger partial charge in [-0.3, -0.25) is 4.79 Å². The van der Waals surface area contributed by atoms with E-state index in [4.69, 9.17) is 4.74 Å². The first kappa shape index (κ1) is 24.7. The number of nitrogens with one attached hydrogen (secondary N) is 3. The first-order chi connectivity index (χ1) is 16.9. The van der Waals surface area contributed by atoms with Crippen molar-refractivity contribution in [1.29, 1.82) is 0 Å². The summed E-state index contributed by atoms with van der Waals surface area (Å²) >= 11 is 0. The van der Waals surface area contributed by atoms with E-state index < -0.39 is 30.6 Å². The number of H-pyrrole nitrogens is 1. The smallest absolute Gasteiger partial charge is 0.484 e. The predicted molar refractivity (Wildman–Crippen MR) is 118 cm³/mol. The van der Waals surface area contributed by atoms with Crippen LogP contribution in [-0.4, -0.2) is 28.8 Å². The summed E-state index contributed by atoms with van der Waals surface area (Å²) < 4.78 is 84.5. The molecule has 0 bridgehead atoms. The van der Waals surface area contributed by atoms with Crippen LogP contribution in [0.3, 0.4) is 0 Å². The average molecular weight is 510 g/mol. The van der Waals surface area contributed by atoms with Crippen LogP contribution < -0.4 is 20.1 Å². The molecule has 1 aromatic heterocycles. The van der Waals surface area contributed by atoms with Gasteiger partial charge in [0.05, 0.1) is 16.6 Å². The van der Waals surface area contributed by atoms with E-state index in [2.05, 4.69) is 25.3 Å². The third kappa shape index (κ3) is 6.58. The van der Waals surface area contributed by atoms with Crippen molar-refractivity contribution >= 4 is 34.3 Å². The topological polar surface area (TPSA) is 88.3 Å². The maximum atomic E-state index is 12.8. The predicted octanol–water partition coefficient (Wildman–Crippen LogP) is 6.24. The van der Waals surface area contributed by atoms with Crippen molar-refractivity contribution in [2.45, 2.75) is 12.5 Å². The minimum Gasteiger partial charge on any atom is -0.484 e. The molecule has 13 heteroatoms. The molecule has 4 rings (SSSR count). The number of aromatic nitrogens is 2. The number of halogens is 6. The Balaban J connectivity index is 1.35. The third-order valence-corrected chi connectivity index (χ3v) is 4.65. The molecule has 3 aromatic carbocycles. The Morgan fingerprint density at radius 2 is 1.61 bits per heavy atom. The number of hydrogen-bond acceptors (Lipinski definition) is 5. The number of carbonyl (C=O) groups excluding carboxylic acids is 1. The maximum absolute atomic E-state index is 12.8. The van der Waals surface area contributed by atoms with Crippen LogP contribution in [-0.2, 0) is 11.0 Å². The van der Waals surface area contributed by atoms with Gasteiger partial charge in [0.15, 0.2) is 6.61 Å². The van der Waals surface area contributed by atoms with Crippen LogP contribution in [0.15, 0.2) is 66.7 Å². The van der Waals surface area contributed by atoms with Gasteiger partial charge in [-0.15, -0.1) is 13.2 Å². The second-order valence-electron chi connectivity index (χ2n) is 7.38. The minimum atomic E-state index is -4.79. The number of nitrogens with zero attached hydrogens (tertiary/aromatic N) is 1. The first-order valence-electron chi connectivity index (χ1n) is 10.2. The SMILES string of the molecule is O=C(COc1ccc2nc(Nc3ccc(OC(F)(F)F)cc3)[nH]c2c1)Nc1cccc(C(F)(F)F)c1. The number of ether oxygens (including phenoxy) is 2. The molecule has 4 aromatic rings. The summed E-state index contributed by atoms with van der Waals surface area (Å²) in [6.45, 7) is -0.451. The molecule has 0 atom stereocenters. The number of amides is 1. The molecule has 188 valence electrons. The molecule has 0 aliphatic carbocycles. The van der Waals surface area contributed by atoms with Crippen LogP contribution in [0.4, 0.5) is 43.7 Å². The molecule has 0 aliphatic heterocycles. The molecule has 3 N–H and O–H groups in total. The van der Waals surface area contributed by atoms with Crippen molar-refractivity contribution in [2.24, 2.45) is 0 Å². The Hall–Kier alpha value is -4.42. The number of fused-ring (bicyclic) bond motifs is 1. The fraction of sp³-hybridized carbons (Fsp3) is 0.130. The van der Waals surface area contributed by atoms with Gasteiger partial charge in [0, 0.05) is 17.4 Å². The molecular weight excluding hydrogens is 494 g/mol. The zero-order chi connectivity index (χ0) is 25.9. The van der Waals surface area contributed by atoms with Gasteiger partial charge in [0.2, 0.25) is 5.95 Å². The highest BCUT2D eigenvalue weighted by molar-refractivity contribution is 5.92. The van der Waals surface area contributed by atoms with Crippen molar-refractivity contribution in [3.63, 3.8) is 0 Å². The summed E-state index contributed by atoms with van der Waals surface area (Å²) in [6, 6.07) is 14.0. The monoisotopic (exact) mass is 510 g/mol. The van der Waals surface area contributed by atoms with Gasteiger partial charge in [0.25, 0.3) is 5.91 Å². The van der Waals surface area contributed by atoms with Crippen LogP contribution in [0.25, 0.3) is 11.0 Å². The lowest BCUT2D eigenvalue weighted by atomic mass is 10.2. The Labute approximate surface area is 199 Å². The highest BCUT2D eigenvalue weighted by Gasteiger charge is 2.31. The molecule has 0 spiro atoms. The third-order valence-electron chi connectivity index (χ3n) is 4.65. The summed E-state index contributed by atoms with van der Waals surface area (Å²) in [4.78, 5) is 19.4. The van der Waals surface area contributed by atoms with E-state index in [1.807, 2.05) is 0 Å². The molecule has 0 aliphatic rings. The summed E-state index contributed by atoms with van der Waals surface area (Å²) in [6.07, 6.45) is -9.32. The Morgan fingerprint density at radius 1 is 0.889 bits per heavy atom. The molecular formula is C23H16F6N4O3. The van der Waals surface area contributed by atoms with Gasteiger partial charge in [-0.05, 0) is 54.6 Å². The number of carbonyl (C=O) groups is 1. The number of hydrogen-bond donors (Lipinski definition) is 3. The fourth-order valence-electron chi connectivity index (χ4n) is 3.13. The van der Waals surface area contributed by atoms with Crippen LogP contribution >= 0.6 is 0 Å². The average Bonchev–Trinajstić information content (AvgIpc) is 3.19. The number of imidazole rings is 1. The van der Waals surface area contributed by atoms with Gasteiger partial charge in [-0.1, -0.05) is 6.07 Å². The molecule has 0 saturated carbocycles. The molecule has 7 nitrogen and oxygen atoms in total. The molecule has 0 fully saturated rings. The lowest BCUT2D eigenvalue weighted by molar-refractivity contribution is -0.274. The normalized spacial score (nSPS) is 11.8. The highest BCUT2D eigenvalue weighted by Crippen LogP contribution is 2.31. The second-order valence-corrected chi connectivity index (χ2v) is 7.38. The van der Waals surface area contributed by atoms with Crippen molar-refractivity contribution in [2.75, 3.05) is 17.2 Å². The van der Waals surface area contributed by atoms with Crippen molar-refractivity contribution in [1.82, 2.24) is 9.97 Å². The maximum Gasteiger partial charge on any atom is 0.573 e. The van der Waals surface area contributed by atoms with E-state index in [1.54, 1.807) is 18.2 Å². The fourth-order valence-corrected chi connectivity index (χ4v) is 3.13. The molecule has 36 heavy (non-hydrogen) atoms. The summed E-state index contributed by atoms with van der Waals surface area (Å²) in [5, 5.41) is 5.25. The number of aromatic amines is 1. The Kier molecular flexibility index (Phi) is 6.64. The molecule has 1 heterocycles. The highest BCUT2D eigenvalue weighted by atomic mass is 19.4. The molecule has 1 amide bonds. The van der Waals surface area contributed by atoms with E-state index in [-0.39, 0.29) is 11.4 Å².